The van der Waals surface area contributed by atoms with Crippen LogP contribution in [-0.2, 0) is 19.1 Å². The van der Waals surface area contributed by atoms with Gasteiger partial charge in [0.1, 0.15) is 9.84 Å². The molecule has 0 atom stereocenters. The van der Waals surface area contributed by atoms with Crippen LogP contribution in [0.1, 0.15) is 40.5 Å². The smallest absolute Gasteiger partial charge is 0.403 e. The van der Waals surface area contributed by atoms with Gasteiger partial charge in [-0.05, 0) is 52.8 Å². The first-order chi connectivity index (χ1) is 8.11. The Bertz CT molecular complexity index is 386. The van der Waals surface area contributed by atoms with Crippen molar-refractivity contribution in [1.29, 1.82) is 0 Å². The van der Waals surface area contributed by atoms with Crippen LogP contribution in [0.3, 0.4) is 0 Å². The lowest BCUT2D eigenvalue weighted by Gasteiger charge is -2.32. The number of rotatable bonds is 2. The van der Waals surface area contributed by atoms with E-state index >= 15 is 0 Å². The molecular formula is C12H23BO4S. The van der Waals surface area contributed by atoms with Crippen LogP contribution in [0, 0.1) is 5.92 Å². The van der Waals surface area contributed by atoms with Gasteiger partial charge in [0.05, 0.1) is 22.7 Å². The summed E-state index contributed by atoms with van der Waals surface area (Å²) in [4.78, 5) is 0. The summed E-state index contributed by atoms with van der Waals surface area (Å²) in [5, 5.41) is 0. The van der Waals surface area contributed by atoms with Crippen molar-refractivity contribution in [3.63, 3.8) is 0 Å². The maximum absolute atomic E-state index is 11.4. The van der Waals surface area contributed by atoms with Crippen molar-refractivity contribution in [2.24, 2.45) is 5.92 Å². The number of hydrogen-bond acceptors (Lipinski definition) is 4. The fourth-order valence-corrected chi connectivity index (χ4v) is 4.10. The molecule has 2 aliphatic rings. The zero-order valence-corrected chi connectivity index (χ0v) is 12.5. The van der Waals surface area contributed by atoms with E-state index < -0.39 is 9.84 Å². The molecule has 0 unspecified atom stereocenters. The van der Waals surface area contributed by atoms with Gasteiger partial charge in [0.25, 0.3) is 0 Å². The van der Waals surface area contributed by atoms with Gasteiger partial charge in [-0.2, -0.15) is 0 Å². The molecule has 0 bridgehead atoms. The van der Waals surface area contributed by atoms with Gasteiger partial charge in [0.15, 0.2) is 0 Å². The Morgan fingerprint density at radius 1 is 1.06 bits per heavy atom. The first kappa shape index (κ1) is 14.3. The number of sulfone groups is 1. The molecule has 104 valence electrons. The zero-order chi connectivity index (χ0) is 13.6. The van der Waals surface area contributed by atoms with Gasteiger partial charge in [0.2, 0.25) is 0 Å². The molecule has 0 aromatic carbocycles. The Balaban J connectivity index is 1.90. The summed E-state index contributed by atoms with van der Waals surface area (Å²) in [7, 11) is -2.97. The summed E-state index contributed by atoms with van der Waals surface area (Å²) in [6.07, 6.45) is 2.29. The van der Waals surface area contributed by atoms with E-state index in [4.69, 9.17) is 9.31 Å². The molecule has 0 aliphatic carbocycles. The molecule has 0 spiro atoms. The standard InChI is InChI=1S/C12H23BO4S/c1-11(2)12(3,4)17-13(16-11)9-10-5-7-18(14,15)8-6-10/h10H,5-9H2,1-4H3. The Hall–Kier alpha value is -0.0651. The Labute approximate surface area is 110 Å². The SMILES string of the molecule is CC1(C)OB(CC2CCS(=O)(=O)CC2)OC1(C)C. The van der Waals surface area contributed by atoms with Gasteiger partial charge in [-0.15, -0.1) is 0 Å². The molecule has 0 saturated carbocycles. The van der Waals surface area contributed by atoms with Gasteiger partial charge < -0.3 is 9.31 Å². The Morgan fingerprint density at radius 3 is 1.94 bits per heavy atom. The van der Waals surface area contributed by atoms with E-state index in [1.807, 2.05) is 27.7 Å². The maximum atomic E-state index is 11.4. The highest BCUT2D eigenvalue weighted by Crippen LogP contribution is 2.39. The van der Waals surface area contributed by atoms with E-state index in [-0.39, 0.29) is 18.3 Å². The molecule has 6 heteroatoms. The average molecular weight is 274 g/mol. The summed E-state index contributed by atoms with van der Waals surface area (Å²) in [6, 6.07) is 0. The van der Waals surface area contributed by atoms with Crippen LogP contribution in [0.25, 0.3) is 0 Å². The summed E-state index contributed by atoms with van der Waals surface area (Å²) < 4.78 is 34.6. The minimum atomic E-state index is -2.78. The lowest BCUT2D eigenvalue weighted by Crippen LogP contribution is -2.41. The van der Waals surface area contributed by atoms with Gasteiger partial charge in [-0.25, -0.2) is 8.42 Å². The highest BCUT2D eigenvalue weighted by atomic mass is 32.2. The lowest BCUT2D eigenvalue weighted by molar-refractivity contribution is 0.00578. The molecule has 0 aromatic rings. The van der Waals surface area contributed by atoms with E-state index in [2.05, 4.69) is 0 Å². The van der Waals surface area contributed by atoms with Gasteiger partial charge in [0, 0.05) is 0 Å². The molecule has 0 N–H and O–H groups in total. The summed E-state index contributed by atoms with van der Waals surface area (Å²) >= 11 is 0. The van der Waals surface area contributed by atoms with Crippen molar-refractivity contribution in [1.82, 2.24) is 0 Å². The minimum absolute atomic E-state index is 0.194. The third-order valence-corrected chi connectivity index (χ3v) is 6.22. The fraction of sp³-hybridized carbons (Fsp3) is 1.00. The van der Waals surface area contributed by atoms with Crippen molar-refractivity contribution >= 4 is 17.0 Å². The van der Waals surface area contributed by atoms with Crippen LogP contribution in [0.5, 0.6) is 0 Å². The summed E-state index contributed by atoms with van der Waals surface area (Å²) in [5.74, 6) is 1.04. The molecule has 2 heterocycles. The molecule has 2 aliphatic heterocycles. The molecular weight excluding hydrogens is 251 g/mol. The van der Waals surface area contributed by atoms with Crippen LogP contribution in [0.2, 0.25) is 6.32 Å². The van der Waals surface area contributed by atoms with Gasteiger partial charge in [-0.3, -0.25) is 0 Å². The van der Waals surface area contributed by atoms with Gasteiger partial charge in [-0.1, -0.05) is 0 Å². The quantitative estimate of drug-likeness (QED) is 0.722. The van der Waals surface area contributed by atoms with Crippen molar-refractivity contribution in [2.75, 3.05) is 11.5 Å². The molecule has 0 aromatic heterocycles. The van der Waals surface area contributed by atoms with Crippen molar-refractivity contribution in [3.05, 3.63) is 0 Å². The molecule has 0 radical (unpaired) electrons. The van der Waals surface area contributed by atoms with Crippen molar-refractivity contribution < 1.29 is 17.7 Å². The Morgan fingerprint density at radius 2 is 1.50 bits per heavy atom. The summed E-state index contributed by atoms with van der Waals surface area (Å²) in [6.45, 7) is 8.16. The highest BCUT2D eigenvalue weighted by molar-refractivity contribution is 7.91. The summed E-state index contributed by atoms with van der Waals surface area (Å²) in [5.41, 5.74) is -0.586. The van der Waals surface area contributed by atoms with Crippen molar-refractivity contribution in [3.8, 4) is 0 Å². The fourth-order valence-electron chi connectivity index (χ4n) is 2.51. The Kier molecular flexibility index (Phi) is 3.58. The second-order valence-corrected chi connectivity index (χ2v) is 8.82. The maximum Gasteiger partial charge on any atom is 0.458 e. The van der Waals surface area contributed by atoms with Gasteiger partial charge >= 0.3 is 7.12 Å². The van der Waals surface area contributed by atoms with Crippen molar-refractivity contribution in [2.45, 2.75) is 58.1 Å². The monoisotopic (exact) mass is 274 g/mol. The minimum Gasteiger partial charge on any atom is -0.403 e. The van der Waals surface area contributed by atoms with Crippen LogP contribution in [0.15, 0.2) is 0 Å². The first-order valence-electron chi connectivity index (χ1n) is 6.67. The van der Waals surface area contributed by atoms with Crippen LogP contribution >= 0.6 is 0 Å². The average Bonchev–Trinajstić information content (AvgIpc) is 2.39. The van der Waals surface area contributed by atoms with E-state index in [1.54, 1.807) is 0 Å². The molecule has 2 fully saturated rings. The molecule has 0 amide bonds. The second-order valence-electron chi connectivity index (χ2n) is 6.52. The topological polar surface area (TPSA) is 52.6 Å². The van der Waals surface area contributed by atoms with E-state index in [9.17, 15) is 8.42 Å². The lowest BCUT2D eigenvalue weighted by atomic mass is 9.75. The van der Waals surface area contributed by atoms with Crippen LogP contribution < -0.4 is 0 Å². The predicted molar refractivity (Wildman–Crippen MR) is 72.3 cm³/mol. The highest BCUT2D eigenvalue weighted by Gasteiger charge is 2.51. The molecule has 18 heavy (non-hydrogen) atoms. The molecule has 2 rings (SSSR count). The predicted octanol–water partition coefficient (Wildman–Crippen LogP) is 1.90. The van der Waals surface area contributed by atoms with E-state index in [1.165, 1.54) is 0 Å². The van der Waals surface area contributed by atoms with Crippen LogP contribution in [0.4, 0.5) is 0 Å². The molecule has 4 nitrogen and oxygen atoms in total. The number of hydrogen-bond donors (Lipinski definition) is 0. The largest absolute Gasteiger partial charge is 0.458 e. The van der Waals surface area contributed by atoms with E-state index in [0.717, 1.165) is 19.2 Å². The third-order valence-electron chi connectivity index (χ3n) is 4.50. The normalized spacial score (nSPS) is 30.6. The molecule has 2 saturated heterocycles. The van der Waals surface area contributed by atoms with Crippen LogP contribution in [-0.4, -0.2) is 38.2 Å². The van der Waals surface area contributed by atoms with E-state index in [0.29, 0.717) is 17.4 Å². The third kappa shape index (κ3) is 2.91. The zero-order valence-electron chi connectivity index (χ0n) is 11.7. The first-order valence-corrected chi connectivity index (χ1v) is 8.49. The second kappa shape index (κ2) is 4.49.